The molecule has 0 amide bonds. The van der Waals surface area contributed by atoms with Gasteiger partial charge in [-0.1, -0.05) is 35.0 Å². The molecular formula is C19H24ClN3O3. The molecule has 1 aliphatic rings. The summed E-state index contributed by atoms with van der Waals surface area (Å²) in [5.74, 6) is 0. The maximum absolute atomic E-state index is 12.2. The van der Waals surface area contributed by atoms with Gasteiger partial charge in [-0.3, -0.25) is 4.90 Å². The highest BCUT2D eigenvalue weighted by Gasteiger charge is 2.15. The molecule has 0 unspecified atom stereocenters. The molecule has 1 fully saturated rings. The van der Waals surface area contributed by atoms with Gasteiger partial charge in [0.2, 0.25) is 0 Å². The van der Waals surface area contributed by atoms with E-state index in [1.165, 1.54) is 0 Å². The Hall–Kier alpha value is -1.89. The van der Waals surface area contributed by atoms with Crippen LogP contribution >= 0.6 is 11.6 Å². The van der Waals surface area contributed by atoms with Crippen LogP contribution in [-0.4, -0.2) is 49.4 Å². The van der Waals surface area contributed by atoms with Crippen LogP contribution < -0.4 is 10.9 Å². The molecule has 1 aliphatic heterocycles. The zero-order valence-electron chi connectivity index (χ0n) is 15.0. The van der Waals surface area contributed by atoms with Gasteiger partial charge >= 0.3 is 5.63 Å². The van der Waals surface area contributed by atoms with Crippen molar-refractivity contribution in [1.82, 2.24) is 10.1 Å². The number of benzene rings is 1. The van der Waals surface area contributed by atoms with Crippen molar-refractivity contribution in [2.75, 3.05) is 44.7 Å². The van der Waals surface area contributed by atoms with Crippen molar-refractivity contribution >= 4 is 17.3 Å². The number of ether oxygens (including phenoxy) is 1. The average molecular weight is 378 g/mol. The summed E-state index contributed by atoms with van der Waals surface area (Å²) in [6.45, 7) is 7.04. The smallest absolute Gasteiger partial charge is 0.379 e. The van der Waals surface area contributed by atoms with E-state index >= 15 is 0 Å². The second-order valence-corrected chi connectivity index (χ2v) is 6.82. The number of aromatic nitrogens is 1. The number of morpholine rings is 1. The highest BCUT2D eigenvalue weighted by atomic mass is 35.5. The SMILES string of the molecule is Cc1noc(=O)c(NCCCN2CCOCC2)c1Cc1ccccc1Cl. The van der Waals surface area contributed by atoms with Crippen molar-refractivity contribution in [2.45, 2.75) is 19.8 Å². The van der Waals surface area contributed by atoms with Crippen LogP contribution in [0.3, 0.4) is 0 Å². The molecule has 1 saturated heterocycles. The summed E-state index contributed by atoms with van der Waals surface area (Å²) in [5, 5.41) is 7.81. The largest absolute Gasteiger partial charge is 0.381 e. The van der Waals surface area contributed by atoms with Gasteiger partial charge in [-0.2, -0.15) is 0 Å². The van der Waals surface area contributed by atoms with Gasteiger partial charge in [-0.15, -0.1) is 0 Å². The van der Waals surface area contributed by atoms with E-state index in [-0.39, 0.29) is 0 Å². The Kier molecular flexibility index (Phi) is 6.66. The molecule has 7 heteroatoms. The number of nitrogens with one attached hydrogen (secondary N) is 1. The lowest BCUT2D eigenvalue weighted by atomic mass is 10.0. The molecule has 3 rings (SSSR count). The summed E-state index contributed by atoms with van der Waals surface area (Å²) in [7, 11) is 0. The molecule has 1 aromatic heterocycles. The third-order valence-electron chi connectivity index (χ3n) is 4.59. The van der Waals surface area contributed by atoms with Crippen molar-refractivity contribution in [3.8, 4) is 0 Å². The molecule has 2 heterocycles. The van der Waals surface area contributed by atoms with Crippen molar-refractivity contribution in [2.24, 2.45) is 0 Å². The van der Waals surface area contributed by atoms with Crippen molar-refractivity contribution in [3.05, 3.63) is 56.5 Å². The Labute approximate surface area is 158 Å². The highest BCUT2D eigenvalue weighted by Crippen LogP contribution is 2.23. The molecule has 0 radical (unpaired) electrons. The fourth-order valence-corrected chi connectivity index (χ4v) is 3.29. The minimum absolute atomic E-state index is 0.441. The summed E-state index contributed by atoms with van der Waals surface area (Å²) >= 11 is 6.27. The minimum Gasteiger partial charge on any atom is -0.379 e. The third-order valence-corrected chi connectivity index (χ3v) is 4.96. The first-order valence-corrected chi connectivity index (χ1v) is 9.30. The van der Waals surface area contributed by atoms with Crippen LogP contribution in [0.4, 0.5) is 5.69 Å². The first-order chi connectivity index (χ1) is 12.6. The predicted molar refractivity (Wildman–Crippen MR) is 102 cm³/mol. The predicted octanol–water partition coefficient (Wildman–Crippen LogP) is 2.72. The van der Waals surface area contributed by atoms with Gasteiger partial charge in [0, 0.05) is 36.6 Å². The first-order valence-electron chi connectivity index (χ1n) is 8.92. The van der Waals surface area contributed by atoms with Crippen LogP contribution in [0.5, 0.6) is 0 Å². The zero-order valence-corrected chi connectivity index (χ0v) is 15.7. The monoisotopic (exact) mass is 377 g/mol. The minimum atomic E-state index is -0.441. The highest BCUT2D eigenvalue weighted by molar-refractivity contribution is 6.31. The normalized spacial score (nSPS) is 15.2. The zero-order chi connectivity index (χ0) is 18.4. The van der Waals surface area contributed by atoms with E-state index < -0.39 is 5.63 Å². The number of rotatable bonds is 7. The second-order valence-electron chi connectivity index (χ2n) is 6.41. The van der Waals surface area contributed by atoms with Gasteiger partial charge in [-0.25, -0.2) is 4.79 Å². The first kappa shape index (κ1) is 18.9. The van der Waals surface area contributed by atoms with E-state index in [2.05, 4.69) is 15.4 Å². The van der Waals surface area contributed by atoms with Crippen LogP contribution in [0.15, 0.2) is 33.6 Å². The van der Waals surface area contributed by atoms with Crippen molar-refractivity contribution in [1.29, 1.82) is 0 Å². The van der Waals surface area contributed by atoms with Crippen LogP contribution in [0.25, 0.3) is 0 Å². The molecular weight excluding hydrogens is 354 g/mol. The van der Waals surface area contributed by atoms with E-state index in [0.717, 1.165) is 50.4 Å². The van der Waals surface area contributed by atoms with Crippen LogP contribution in [0.1, 0.15) is 23.2 Å². The van der Waals surface area contributed by atoms with Crippen LogP contribution in [0, 0.1) is 6.92 Å². The Morgan fingerprint density at radius 2 is 2.04 bits per heavy atom. The lowest BCUT2D eigenvalue weighted by Gasteiger charge is -2.26. The number of hydrogen-bond acceptors (Lipinski definition) is 6. The molecule has 0 aliphatic carbocycles. The molecule has 0 spiro atoms. The number of aryl methyl sites for hydroxylation is 1. The Morgan fingerprint density at radius 1 is 1.27 bits per heavy atom. The van der Waals surface area contributed by atoms with Gasteiger partial charge in [-0.05, 0) is 31.5 Å². The lowest BCUT2D eigenvalue weighted by Crippen LogP contribution is -2.37. The van der Waals surface area contributed by atoms with E-state index in [4.69, 9.17) is 20.9 Å². The summed E-state index contributed by atoms with van der Waals surface area (Å²) < 4.78 is 10.3. The van der Waals surface area contributed by atoms with Crippen LogP contribution in [-0.2, 0) is 11.2 Å². The quantitative estimate of drug-likeness (QED) is 0.748. The molecule has 1 N–H and O–H groups in total. The molecule has 1 aromatic carbocycles. The van der Waals surface area contributed by atoms with E-state index in [1.807, 2.05) is 31.2 Å². The average Bonchev–Trinajstić information content (AvgIpc) is 2.66. The maximum Gasteiger partial charge on any atom is 0.381 e. The summed E-state index contributed by atoms with van der Waals surface area (Å²) in [4.78, 5) is 14.6. The van der Waals surface area contributed by atoms with Gasteiger partial charge in [0.15, 0.2) is 0 Å². The lowest BCUT2D eigenvalue weighted by molar-refractivity contribution is 0.0378. The Balaban J connectivity index is 1.67. The van der Waals surface area contributed by atoms with Crippen molar-refractivity contribution in [3.63, 3.8) is 0 Å². The van der Waals surface area contributed by atoms with Crippen molar-refractivity contribution < 1.29 is 9.26 Å². The second kappa shape index (κ2) is 9.16. The summed E-state index contributed by atoms with van der Waals surface area (Å²) in [6, 6.07) is 7.63. The van der Waals surface area contributed by atoms with Gasteiger partial charge in [0.1, 0.15) is 5.69 Å². The fraction of sp³-hybridized carbons (Fsp3) is 0.474. The molecule has 6 nitrogen and oxygen atoms in total. The summed E-state index contributed by atoms with van der Waals surface area (Å²) in [5.41, 5.74) is 2.53. The number of halogens is 1. The Morgan fingerprint density at radius 3 is 2.81 bits per heavy atom. The summed E-state index contributed by atoms with van der Waals surface area (Å²) in [6.07, 6.45) is 1.47. The van der Waals surface area contributed by atoms with E-state index in [1.54, 1.807) is 0 Å². The number of hydrogen-bond donors (Lipinski definition) is 1. The van der Waals surface area contributed by atoms with Crippen LogP contribution in [0.2, 0.25) is 5.02 Å². The number of nitrogens with zero attached hydrogens (tertiary/aromatic N) is 2. The molecule has 140 valence electrons. The van der Waals surface area contributed by atoms with E-state index in [0.29, 0.717) is 29.4 Å². The van der Waals surface area contributed by atoms with Gasteiger partial charge in [0.25, 0.3) is 0 Å². The molecule has 2 aromatic rings. The standard InChI is InChI=1S/C19H24ClN3O3/c1-14-16(13-15-5-2-3-6-17(15)20)18(19(24)26-22-14)21-7-4-8-23-9-11-25-12-10-23/h2-3,5-6,21H,4,7-13H2,1H3. The molecule has 0 atom stereocenters. The topological polar surface area (TPSA) is 67.6 Å². The maximum atomic E-state index is 12.2. The van der Waals surface area contributed by atoms with Gasteiger partial charge < -0.3 is 14.6 Å². The van der Waals surface area contributed by atoms with E-state index in [9.17, 15) is 4.79 Å². The fourth-order valence-electron chi connectivity index (χ4n) is 3.08. The molecule has 26 heavy (non-hydrogen) atoms. The molecule has 0 bridgehead atoms. The van der Waals surface area contributed by atoms with Gasteiger partial charge in [0.05, 0.1) is 18.9 Å². The third kappa shape index (κ3) is 4.84. The molecule has 0 saturated carbocycles. The Bertz CT molecular complexity index is 788. The number of anilines is 1.